The first-order chi connectivity index (χ1) is 9.22. The molecule has 0 radical (unpaired) electrons. The van der Waals surface area contributed by atoms with Crippen LogP contribution in [0.4, 0.5) is 0 Å². The van der Waals surface area contributed by atoms with Gasteiger partial charge in [-0.25, -0.2) is 9.97 Å². The van der Waals surface area contributed by atoms with Gasteiger partial charge in [-0.3, -0.25) is 0 Å². The van der Waals surface area contributed by atoms with Gasteiger partial charge in [0.1, 0.15) is 11.3 Å². The van der Waals surface area contributed by atoms with Crippen molar-refractivity contribution in [3.05, 3.63) is 23.7 Å². The Kier molecular flexibility index (Phi) is 3.72. The zero-order valence-electron chi connectivity index (χ0n) is 11.3. The molecule has 0 aliphatic heterocycles. The molecule has 19 heavy (non-hydrogen) atoms. The lowest BCUT2D eigenvalue weighted by Gasteiger charge is -2.15. The smallest absolute Gasteiger partial charge is 0.160 e. The van der Waals surface area contributed by atoms with E-state index in [9.17, 15) is 0 Å². The predicted molar refractivity (Wildman–Crippen MR) is 82.0 cm³/mol. The van der Waals surface area contributed by atoms with Crippen LogP contribution in [0.2, 0.25) is 0 Å². The predicted octanol–water partition coefficient (Wildman–Crippen LogP) is 3.94. The molecule has 1 aliphatic rings. The van der Waals surface area contributed by atoms with Gasteiger partial charge in [-0.1, -0.05) is 0 Å². The van der Waals surface area contributed by atoms with Crippen LogP contribution in [0.5, 0.6) is 0 Å². The lowest BCUT2D eigenvalue weighted by atomic mass is 10.2. The summed E-state index contributed by atoms with van der Waals surface area (Å²) in [5.41, 5.74) is 3.11. The standard InChI is InChI=1S/C14H18ClN3S/c1-9-5-12-14(16-8-9)18(13(7-15)17-12)10-3-4-11(6-10)19-2/h5,8,10-11H,3-4,6-7H2,1-2H3. The van der Waals surface area contributed by atoms with E-state index < -0.39 is 0 Å². The number of aryl methyl sites for hydroxylation is 1. The second-order valence-electron chi connectivity index (χ2n) is 5.21. The van der Waals surface area contributed by atoms with E-state index in [0.717, 1.165) is 27.8 Å². The normalized spacial score (nSPS) is 23.3. The lowest BCUT2D eigenvalue weighted by Crippen LogP contribution is -2.10. The first-order valence-corrected chi connectivity index (χ1v) is 8.47. The highest BCUT2D eigenvalue weighted by Crippen LogP contribution is 2.38. The van der Waals surface area contributed by atoms with Gasteiger partial charge in [0.05, 0.1) is 5.88 Å². The van der Waals surface area contributed by atoms with Crippen LogP contribution < -0.4 is 0 Å². The minimum absolute atomic E-state index is 0.454. The molecule has 2 heterocycles. The van der Waals surface area contributed by atoms with Crippen LogP contribution in [0.3, 0.4) is 0 Å². The molecule has 1 fully saturated rings. The van der Waals surface area contributed by atoms with Crippen molar-refractivity contribution >= 4 is 34.5 Å². The molecule has 2 atom stereocenters. The van der Waals surface area contributed by atoms with Crippen LogP contribution in [-0.2, 0) is 5.88 Å². The SMILES string of the molecule is CSC1CCC(n2c(CCl)nc3cc(C)cnc32)C1. The average molecular weight is 296 g/mol. The van der Waals surface area contributed by atoms with Crippen molar-refractivity contribution in [1.82, 2.24) is 14.5 Å². The number of thioether (sulfide) groups is 1. The van der Waals surface area contributed by atoms with Gasteiger partial charge in [-0.15, -0.1) is 11.6 Å². The molecule has 2 unspecified atom stereocenters. The number of nitrogens with zero attached hydrogens (tertiary/aromatic N) is 3. The topological polar surface area (TPSA) is 30.7 Å². The summed E-state index contributed by atoms with van der Waals surface area (Å²) in [6.07, 6.45) is 7.80. The van der Waals surface area contributed by atoms with Crippen molar-refractivity contribution < 1.29 is 0 Å². The van der Waals surface area contributed by atoms with Gasteiger partial charge in [0.25, 0.3) is 0 Å². The number of aromatic nitrogens is 3. The molecule has 1 aliphatic carbocycles. The zero-order chi connectivity index (χ0) is 13.4. The maximum absolute atomic E-state index is 6.08. The Morgan fingerprint density at radius 2 is 2.32 bits per heavy atom. The van der Waals surface area contributed by atoms with Gasteiger partial charge >= 0.3 is 0 Å². The summed E-state index contributed by atoms with van der Waals surface area (Å²) in [5.74, 6) is 1.41. The minimum Gasteiger partial charge on any atom is -0.309 e. The van der Waals surface area contributed by atoms with Crippen molar-refractivity contribution in [3.8, 4) is 0 Å². The number of hydrogen-bond donors (Lipinski definition) is 0. The third-order valence-corrected chi connectivity index (χ3v) is 5.25. The minimum atomic E-state index is 0.454. The molecule has 0 spiro atoms. The van der Waals surface area contributed by atoms with Gasteiger partial charge in [-0.2, -0.15) is 11.8 Å². The van der Waals surface area contributed by atoms with Gasteiger partial charge in [0.2, 0.25) is 0 Å². The fourth-order valence-electron chi connectivity index (χ4n) is 2.97. The maximum atomic E-state index is 6.08. The van der Waals surface area contributed by atoms with Crippen molar-refractivity contribution in [2.24, 2.45) is 0 Å². The van der Waals surface area contributed by atoms with E-state index >= 15 is 0 Å². The second-order valence-corrected chi connectivity index (χ2v) is 6.62. The number of halogens is 1. The molecule has 0 N–H and O–H groups in total. The van der Waals surface area contributed by atoms with E-state index in [-0.39, 0.29) is 0 Å². The van der Waals surface area contributed by atoms with Crippen LogP contribution in [-0.4, -0.2) is 26.0 Å². The summed E-state index contributed by atoms with van der Waals surface area (Å²) in [6.45, 7) is 2.05. The summed E-state index contributed by atoms with van der Waals surface area (Å²) in [6, 6.07) is 2.60. The first-order valence-electron chi connectivity index (χ1n) is 6.65. The molecule has 0 bridgehead atoms. The van der Waals surface area contributed by atoms with E-state index in [0.29, 0.717) is 11.9 Å². The zero-order valence-corrected chi connectivity index (χ0v) is 12.8. The number of rotatable bonds is 3. The molecule has 0 saturated heterocycles. The van der Waals surface area contributed by atoms with Gasteiger partial charge in [-0.05, 0) is 44.1 Å². The van der Waals surface area contributed by atoms with E-state index in [1.54, 1.807) is 0 Å². The molecule has 102 valence electrons. The van der Waals surface area contributed by atoms with Crippen LogP contribution in [0.1, 0.15) is 36.7 Å². The molecule has 0 amide bonds. The summed E-state index contributed by atoms with van der Waals surface area (Å²) in [4.78, 5) is 9.23. The Labute approximate surface area is 122 Å². The largest absolute Gasteiger partial charge is 0.309 e. The highest BCUT2D eigenvalue weighted by atomic mass is 35.5. The Morgan fingerprint density at radius 1 is 1.47 bits per heavy atom. The van der Waals surface area contributed by atoms with Crippen molar-refractivity contribution in [2.45, 2.75) is 43.4 Å². The third-order valence-electron chi connectivity index (χ3n) is 3.91. The summed E-state index contributed by atoms with van der Waals surface area (Å²) < 4.78 is 2.28. The second kappa shape index (κ2) is 5.33. The van der Waals surface area contributed by atoms with E-state index in [4.69, 9.17) is 11.6 Å². The van der Waals surface area contributed by atoms with E-state index in [1.807, 2.05) is 24.9 Å². The Balaban J connectivity index is 2.06. The Morgan fingerprint density at radius 3 is 3.00 bits per heavy atom. The van der Waals surface area contributed by atoms with Crippen molar-refractivity contribution in [3.63, 3.8) is 0 Å². The van der Waals surface area contributed by atoms with Crippen LogP contribution in [0, 0.1) is 6.92 Å². The fourth-order valence-corrected chi connectivity index (χ4v) is 3.95. The summed E-state index contributed by atoms with van der Waals surface area (Å²) >= 11 is 8.04. The molecule has 1 saturated carbocycles. The number of fused-ring (bicyclic) bond motifs is 1. The van der Waals surface area contributed by atoms with E-state index in [2.05, 4.69) is 26.9 Å². The molecule has 2 aromatic heterocycles. The third kappa shape index (κ3) is 2.36. The molecular weight excluding hydrogens is 278 g/mol. The number of pyridine rings is 1. The monoisotopic (exact) mass is 295 g/mol. The Bertz CT molecular complexity index is 596. The number of hydrogen-bond acceptors (Lipinski definition) is 3. The Hall–Kier alpha value is -0.740. The molecule has 5 heteroatoms. The molecule has 2 aromatic rings. The van der Waals surface area contributed by atoms with Gasteiger partial charge < -0.3 is 4.57 Å². The number of imidazole rings is 1. The van der Waals surface area contributed by atoms with Gasteiger partial charge in [0, 0.05) is 17.5 Å². The van der Waals surface area contributed by atoms with Crippen LogP contribution in [0.15, 0.2) is 12.3 Å². The van der Waals surface area contributed by atoms with E-state index in [1.165, 1.54) is 19.3 Å². The molecule has 0 aromatic carbocycles. The van der Waals surface area contributed by atoms with Crippen molar-refractivity contribution in [1.29, 1.82) is 0 Å². The maximum Gasteiger partial charge on any atom is 0.160 e. The van der Waals surface area contributed by atoms with Crippen LogP contribution >= 0.6 is 23.4 Å². The highest BCUT2D eigenvalue weighted by Gasteiger charge is 2.28. The highest BCUT2D eigenvalue weighted by molar-refractivity contribution is 7.99. The number of alkyl halides is 1. The average Bonchev–Trinajstić information content (AvgIpc) is 3.00. The first kappa shape index (κ1) is 13.3. The fraction of sp³-hybridized carbons (Fsp3) is 0.571. The summed E-state index contributed by atoms with van der Waals surface area (Å²) in [7, 11) is 0. The van der Waals surface area contributed by atoms with Gasteiger partial charge in [0.15, 0.2) is 5.65 Å². The van der Waals surface area contributed by atoms with Crippen molar-refractivity contribution in [2.75, 3.05) is 6.26 Å². The molecular formula is C14H18ClN3S. The van der Waals surface area contributed by atoms with Crippen LogP contribution in [0.25, 0.3) is 11.2 Å². The molecule has 3 rings (SSSR count). The molecule has 3 nitrogen and oxygen atoms in total. The lowest BCUT2D eigenvalue weighted by molar-refractivity contribution is 0.516. The quantitative estimate of drug-likeness (QED) is 0.804. The summed E-state index contributed by atoms with van der Waals surface area (Å²) in [5, 5.41) is 0.760.